The number of nitriles is 1. The first-order valence-corrected chi connectivity index (χ1v) is 31.2. The van der Waals surface area contributed by atoms with Crippen LogP contribution in [0, 0.1) is 17.9 Å². The van der Waals surface area contributed by atoms with E-state index in [2.05, 4.69) is 287 Å². The summed E-state index contributed by atoms with van der Waals surface area (Å²) < 4.78 is 9.26. The second kappa shape index (κ2) is 20.0. The van der Waals surface area contributed by atoms with Gasteiger partial charge in [0.05, 0.1) is 73.5 Å². The molecule has 0 unspecified atom stereocenters. The quantitative estimate of drug-likeness (QED) is 0.156. The smallest absolute Gasteiger partial charge is 0.238 e. The minimum atomic E-state index is -0.173. The maximum Gasteiger partial charge on any atom is 0.238 e. The normalized spacial score (nSPS) is 12.6. The number of aromatic nitrogens is 6. The molecule has 0 atom stereocenters. The lowest BCUT2D eigenvalue weighted by atomic mass is 9.85. The third kappa shape index (κ3) is 8.60. The Morgan fingerprint density at radius 2 is 0.633 bits per heavy atom. The fraction of sp³-hybridized carbons (Fsp3) is 0.195. The molecule has 0 aliphatic heterocycles. The van der Waals surface area contributed by atoms with E-state index in [1.165, 1.54) is 22.3 Å². The number of hydrogen-bond acceptors (Lipinski definition) is 3. The number of benzene rings is 9. The zero-order valence-electron chi connectivity index (χ0n) is 53.2. The van der Waals surface area contributed by atoms with Gasteiger partial charge in [-0.25, -0.2) is 4.85 Å². The SMILES string of the molecule is [C-]#[N+]c1c(-n2c3ccccc3c3cc(-c4cccnc4)ccc32)c(-n2c3ccc(C(C)(C)C)cc3c3cc(C(C)(C)C)ccc32)c(C#N)c(-n2c3ccccc3c3cc(-c4cccnc4)ccc32)c1-n1c2ccc(C(C)(C)C)cc2c2cc(C(C)(C)C)ccc21. The summed E-state index contributed by atoms with van der Waals surface area (Å²) in [5.41, 5.74) is 18.7. The van der Waals surface area contributed by atoms with Crippen molar-refractivity contribution in [3.8, 4) is 51.1 Å². The van der Waals surface area contributed by atoms with Crippen molar-refractivity contribution in [3.63, 3.8) is 0 Å². The van der Waals surface area contributed by atoms with Gasteiger partial charge in [0.25, 0.3) is 0 Å². The molecule has 0 aliphatic rings. The van der Waals surface area contributed by atoms with Crippen molar-refractivity contribution >= 4 is 92.9 Å². The average Bonchev–Trinajstić information content (AvgIpc) is 1.51. The molecule has 15 aromatic rings. The predicted molar refractivity (Wildman–Crippen MR) is 376 cm³/mol. The molecule has 0 amide bonds. The molecule has 15 rings (SSSR count). The summed E-state index contributed by atoms with van der Waals surface area (Å²) in [6.45, 7) is 37.5. The van der Waals surface area contributed by atoms with Gasteiger partial charge in [0.2, 0.25) is 5.69 Å². The Morgan fingerprint density at radius 3 is 0.933 bits per heavy atom. The van der Waals surface area contributed by atoms with Crippen LogP contribution in [0.2, 0.25) is 0 Å². The summed E-state index contributed by atoms with van der Waals surface area (Å²) in [7, 11) is 0. The van der Waals surface area contributed by atoms with Crippen LogP contribution in [-0.2, 0) is 21.7 Å². The molecule has 0 spiro atoms. The van der Waals surface area contributed by atoms with Gasteiger partial charge in [-0.05, 0) is 152 Å². The zero-order chi connectivity index (χ0) is 62.5. The molecule has 9 aromatic carbocycles. The number of para-hydroxylation sites is 2. The zero-order valence-corrected chi connectivity index (χ0v) is 53.2. The van der Waals surface area contributed by atoms with E-state index in [1.807, 2.05) is 24.5 Å². The average molecular weight is 1170 g/mol. The molecule has 0 N–H and O–H groups in total. The van der Waals surface area contributed by atoms with E-state index in [9.17, 15) is 11.8 Å². The fourth-order valence-electron chi connectivity index (χ4n) is 14.0. The molecule has 0 saturated heterocycles. The number of pyridine rings is 2. The second-order valence-electron chi connectivity index (χ2n) is 28.6. The molecule has 0 saturated carbocycles. The third-order valence-electron chi connectivity index (χ3n) is 18.8. The molecule has 8 nitrogen and oxygen atoms in total. The van der Waals surface area contributed by atoms with E-state index < -0.39 is 0 Å². The lowest BCUT2D eigenvalue weighted by Crippen LogP contribution is -2.15. The molecule has 6 heterocycles. The van der Waals surface area contributed by atoms with Crippen LogP contribution in [0.1, 0.15) is 111 Å². The Hall–Kier alpha value is -10.5. The van der Waals surface area contributed by atoms with Crippen molar-refractivity contribution in [3.05, 3.63) is 246 Å². The Kier molecular flexibility index (Phi) is 12.4. The van der Waals surface area contributed by atoms with Crippen molar-refractivity contribution < 1.29 is 0 Å². The molecule has 0 aliphatic carbocycles. The standard InChI is InChI=1S/C82H70N8/c1-79(2,3)53-28-34-70-61(42-53)62-43-54(80(4,5)6)29-35-71(62)88(70)76-65(46-83)75(87-66-24-16-14-22-57(66)59-40-49(26-32-68(59)87)51-20-18-38-85-47-51)78(90-72-36-30-55(81(7,8)9)44-63(72)64-45-56(82(10,11)12)31-37-73(64)90)74(84-13)77(76)89-67-25-17-15-23-58(67)60-41-50(27-33-69(60)89)52-21-19-39-86-48-52/h14-45,47-48H,1-12H3. The molecule has 0 bridgehead atoms. The van der Waals surface area contributed by atoms with Gasteiger partial charge < -0.3 is 18.3 Å². The number of rotatable bonds is 6. The Morgan fingerprint density at radius 1 is 0.333 bits per heavy atom. The van der Waals surface area contributed by atoms with Crippen molar-refractivity contribution in [1.82, 2.24) is 28.2 Å². The highest BCUT2D eigenvalue weighted by Crippen LogP contribution is 2.53. The van der Waals surface area contributed by atoms with Crippen LogP contribution in [0.25, 0.3) is 137 Å². The molecule has 438 valence electrons. The van der Waals surface area contributed by atoms with Gasteiger partial charge in [-0.15, -0.1) is 0 Å². The van der Waals surface area contributed by atoms with Gasteiger partial charge in [-0.2, -0.15) is 5.26 Å². The predicted octanol–water partition coefficient (Wildman–Crippen LogP) is 21.8. The summed E-state index contributed by atoms with van der Waals surface area (Å²) >= 11 is 0. The van der Waals surface area contributed by atoms with Gasteiger partial charge in [-0.1, -0.05) is 168 Å². The fourth-order valence-corrected chi connectivity index (χ4v) is 14.0. The maximum atomic E-state index is 13.2. The Balaban J connectivity index is 1.23. The Bertz CT molecular complexity index is 5090. The molecular weight excluding hydrogens is 1100 g/mol. The highest BCUT2D eigenvalue weighted by Gasteiger charge is 2.36. The lowest BCUT2D eigenvalue weighted by Gasteiger charge is -2.27. The minimum absolute atomic E-state index is 0.172. The van der Waals surface area contributed by atoms with E-state index in [4.69, 9.17) is 4.85 Å². The molecule has 0 fully saturated rings. The van der Waals surface area contributed by atoms with Crippen LogP contribution in [0.5, 0.6) is 0 Å². The van der Waals surface area contributed by atoms with Crippen LogP contribution < -0.4 is 0 Å². The van der Waals surface area contributed by atoms with Gasteiger partial charge in [-0.3, -0.25) is 9.97 Å². The number of nitrogens with zero attached hydrogens (tertiary/aromatic N) is 8. The van der Waals surface area contributed by atoms with Crippen molar-refractivity contribution in [2.45, 2.75) is 105 Å². The minimum Gasteiger partial charge on any atom is -0.317 e. The van der Waals surface area contributed by atoms with Crippen molar-refractivity contribution in [1.29, 1.82) is 5.26 Å². The van der Waals surface area contributed by atoms with Gasteiger partial charge in [0.1, 0.15) is 11.6 Å². The molecule has 8 heteroatoms. The molecule has 90 heavy (non-hydrogen) atoms. The van der Waals surface area contributed by atoms with E-state index in [0.29, 0.717) is 34.0 Å². The highest BCUT2D eigenvalue weighted by molar-refractivity contribution is 6.18. The largest absolute Gasteiger partial charge is 0.317 e. The van der Waals surface area contributed by atoms with Gasteiger partial charge in [0, 0.05) is 79.0 Å². The first-order valence-electron chi connectivity index (χ1n) is 31.2. The molecular formula is C82H70N8. The first-order chi connectivity index (χ1) is 43.1. The second-order valence-corrected chi connectivity index (χ2v) is 28.6. The van der Waals surface area contributed by atoms with Crippen LogP contribution in [-0.4, -0.2) is 28.2 Å². The summed E-state index contributed by atoms with van der Waals surface area (Å²) in [6, 6.07) is 69.0. The van der Waals surface area contributed by atoms with Crippen LogP contribution >= 0.6 is 0 Å². The number of hydrogen-bond donors (Lipinski definition) is 0. The topological polar surface area (TPSA) is 73.7 Å². The van der Waals surface area contributed by atoms with Gasteiger partial charge in [0.15, 0.2) is 0 Å². The van der Waals surface area contributed by atoms with E-state index in [-0.39, 0.29) is 21.7 Å². The highest BCUT2D eigenvalue weighted by atomic mass is 15.1. The van der Waals surface area contributed by atoms with E-state index >= 15 is 0 Å². The van der Waals surface area contributed by atoms with Crippen molar-refractivity contribution in [2.24, 2.45) is 0 Å². The number of fused-ring (bicyclic) bond motifs is 12. The molecule has 0 radical (unpaired) electrons. The first kappa shape index (κ1) is 56.0. The lowest BCUT2D eigenvalue weighted by molar-refractivity contribution is 0.590. The van der Waals surface area contributed by atoms with Crippen molar-refractivity contribution in [2.75, 3.05) is 0 Å². The van der Waals surface area contributed by atoms with E-state index in [0.717, 1.165) is 109 Å². The maximum absolute atomic E-state index is 13.2. The summed E-state index contributed by atoms with van der Waals surface area (Å²) in [5.74, 6) is 0. The van der Waals surface area contributed by atoms with Crippen LogP contribution in [0.3, 0.4) is 0 Å². The molecule has 6 aromatic heterocycles. The van der Waals surface area contributed by atoms with Gasteiger partial charge >= 0.3 is 0 Å². The van der Waals surface area contributed by atoms with Crippen LogP contribution in [0.15, 0.2) is 207 Å². The summed E-state index contributed by atoms with van der Waals surface area (Å²) in [6.07, 6.45) is 7.43. The Labute approximate surface area is 525 Å². The van der Waals surface area contributed by atoms with E-state index in [1.54, 1.807) is 12.4 Å². The monoisotopic (exact) mass is 1170 g/mol. The van der Waals surface area contributed by atoms with Crippen LogP contribution in [0.4, 0.5) is 5.69 Å². The summed E-state index contributed by atoms with van der Waals surface area (Å²) in [4.78, 5) is 14.1. The third-order valence-corrected chi connectivity index (χ3v) is 18.8. The summed E-state index contributed by atoms with van der Waals surface area (Å²) in [5, 5.41) is 21.5.